The molecule has 3 rings (SSSR count). The third kappa shape index (κ3) is 2.47. The third-order valence-electron chi connectivity index (χ3n) is 4.12. The van der Waals surface area contributed by atoms with Gasteiger partial charge in [0, 0.05) is 6.04 Å². The molecule has 0 radical (unpaired) electrons. The number of hydrogen-bond acceptors (Lipinski definition) is 4. The molecular formula is C16H21NO3. The molecule has 2 aliphatic rings. The zero-order chi connectivity index (χ0) is 13.9. The maximum atomic E-state index is 12.0. The second-order valence-electron chi connectivity index (χ2n) is 5.42. The summed E-state index contributed by atoms with van der Waals surface area (Å²) in [5.41, 5.74) is 1.11. The molecule has 1 saturated carbocycles. The van der Waals surface area contributed by atoms with Crippen molar-refractivity contribution in [3.8, 4) is 5.75 Å². The second kappa shape index (κ2) is 5.73. The normalized spacial score (nSPS) is 22.2. The van der Waals surface area contributed by atoms with Crippen LogP contribution >= 0.6 is 0 Å². The van der Waals surface area contributed by atoms with Crippen LogP contribution < -0.4 is 9.64 Å². The summed E-state index contributed by atoms with van der Waals surface area (Å²) in [5.74, 6) is 0.536. The van der Waals surface area contributed by atoms with Crippen molar-refractivity contribution in [3.05, 3.63) is 24.3 Å². The monoisotopic (exact) mass is 275 g/mol. The molecular weight excluding hydrogens is 254 g/mol. The predicted octanol–water partition coefficient (Wildman–Crippen LogP) is 2.76. The fourth-order valence-corrected chi connectivity index (χ4v) is 3.18. The Hall–Kier alpha value is -1.71. The number of anilines is 1. The van der Waals surface area contributed by atoms with Gasteiger partial charge in [0.15, 0.2) is 0 Å². The SMILES string of the molecule is CCOC(=O)[C@@H]1CN(C2CCCC2)c2ccccc2O1. The number of ether oxygens (including phenoxy) is 2. The van der Waals surface area contributed by atoms with Crippen LogP contribution in [0.1, 0.15) is 32.6 Å². The summed E-state index contributed by atoms with van der Waals surface area (Å²) < 4.78 is 10.9. The van der Waals surface area contributed by atoms with Crippen LogP contribution in [0.5, 0.6) is 5.75 Å². The highest BCUT2D eigenvalue weighted by Crippen LogP contribution is 2.38. The van der Waals surface area contributed by atoms with Gasteiger partial charge in [-0.15, -0.1) is 0 Å². The number of rotatable bonds is 3. The number of benzene rings is 1. The van der Waals surface area contributed by atoms with Gasteiger partial charge in [0.2, 0.25) is 6.10 Å². The van der Waals surface area contributed by atoms with Crippen LogP contribution in [0.2, 0.25) is 0 Å². The first-order valence-corrected chi connectivity index (χ1v) is 7.48. The van der Waals surface area contributed by atoms with E-state index in [1.807, 2.05) is 25.1 Å². The molecule has 1 atom stereocenters. The zero-order valence-electron chi connectivity index (χ0n) is 11.9. The highest BCUT2D eigenvalue weighted by molar-refractivity contribution is 5.78. The minimum absolute atomic E-state index is 0.259. The number of hydrogen-bond donors (Lipinski definition) is 0. The molecule has 1 aromatic carbocycles. The summed E-state index contributed by atoms with van der Waals surface area (Å²) >= 11 is 0. The molecule has 4 heteroatoms. The van der Waals surface area contributed by atoms with E-state index in [0.29, 0.717) is 19.2 Å². The minimum Gasteiger partial charge on any atom is -0.475 e. The fourth-order valence-electron chi connectivity index (χ4n) is 3.18. The lowest BCUT2D eigenvalue weighted by Crippen LogP contribution is -2.48. The first-order valence-electron chi connectivity index (χ1n) is 7.48. The lowest BCUT2D eigenvalue weighted by Gasteiger charge is -2.38. The van der Waals surface area contributed by atoms with Gasteiger partial charge in [-0.1, -0.05) is 25.0 Å². The largest absolute Gasteiger partial charge is 0.475 e. The molecule has 1 aliphatic carbocycles. The fraction of sp³-hybridized carbons (Fsp3) is 0.562. The van der Waals surface area contributed by atoms with E-state index in [1.54, 1.807) is 0 Å². The number of fused-ring (bicyclic) bond motifs is 1. The van der Waals surface area contributed by atoms with Crippen molar-refractivity contribution in [1.82, 2.24) is 0 Å². The van der Waals surface area contributed by atoms with Crippen molar-refractivity contribution in [3.63, 3.8) is 0 Å². The van der Waals surface area contributed by atoms with E-state index in [-0.39, 0.29) is 5.97 Å². The summed E-state index contributed by atoms with van der Waals surface area (Å²) in [6.07, 6.45) is 4.43. The highest BCUT2D eigenvalue weighted by Gasteiger charge is 2.35. The Balaban J connectivity index is 1.86. The van der Waals surface area contributed by atoms with Gasteiger partial charge < -0.3 is 14.4 Å². The van der Waals surface area contributed by atoms with E-state index in [0.717, 1.165) is 11.4 Å². The Bertz CT molecular complexity index is 482. The van der Waals surface area contributed by atoms with Gasteiger partial charge in [-0.25, -0.2) is 4.79 Å². The zero-order valence-corrected chi connectivity index (χ0v) is 11.9. The van der Waals surface area contributed by atoms with Gasteiger partial charge in [-0.05, 0) is 31.9 Å². The van der Waals surface area contributed by atoms with Crippen molar-refractivity contribution >= 4 is 11.7 Å². The number of esters is 1. The molecule has 1 aliphatic heterocycles. The minimum atomic E-state index is -0.509. The smallest absolute Gasteiger partial charge is 0.349 e. The van der Waals surface area contributed by atoms with E-state index in [4.69, 9.17) is 9.47 Å². The summed E-state index contributed by atoms with van der Waals surface area (Å²) in [7, 11) is 0. The van der Waals surface area contributed by atoms with Crippen molar-refractivity contribution in [2.45, 2.75) is 44.8 Å². The summed E-state index contributed by atoms with van der Waals surface area (Å²) in [4.78, 5) is 14.3. The first-order chi connectivity index (χ1) is 9.79. The van der Waals surface area contributed by atoms with Crippen LogP contribution in [-0.2, 0) is 9.53 Å². The molecule has 1 heterocycles. The van der Waals surface area contributed by atoms with E-state index >= 15 is 0 Å². The number of carbonyl (C=O) groups is 1. The van der Waals surface area contributed by atoms with Gasteiger partial charge in [0.1, 0.15) is 5.75 Å². The van der Waals surface area contributed by atoms with Crippen LogP contribution in [0.25, 0.3) is 0 Å². The molecule has 108 valence electrons. The maximum Gasteiger partial charge on any atom is 0.349 e. The summed E-state index contributed by atoms with van der Waals surface area (Å²) in [6, 6.07) is 8.50. The number of para-hydroxylation sites is 2. The van der Waals surface area contributed by atoms with E-state index in [2.05, 4.69) is 11.0 Å². The van der Waals surface area contributed by atoms with Crippen LogP contribution in [0, 0.1) is 0 Å². The van der Waals surface area contributed by atoms with Crippen LogP contribution in [0.3, 0.4) is 0 Å². The Morgan fingerprint density at radius 3 is 2.85 bits per heavy atom. The van der Waals surface area contributed by atoms with E-state index in [1.165, 1.54) is 25.7 Å². The van der Waals surface area contributed by atoms with Crippen LogP contribution in [0.15, 0.2) is 24.3 Å². The molecule has 0 N–H and O–H groups in total. The molecule has 20 heavy (non-hydrogen) atoms. The molecule has 0 saturated heterocycles. The van der Waals surface area contributed by atoms with E-state index in [9.17, 15) is 4.79 Å². The van der Waals surface area contributed by atoms with Crippen molar-refractivity contribution < 1.29 is 14.3 Å². The second-order valence-corrected chi connectivity index (χ2v) is 5.42. The van der Waals surface area contributed by atoms with Crippen molar-refractivity contribution in [2.75, 3.05) is 18.1 Å². The highest BCUT2D eigenvalue weighted by atomic mass is 16.6. The summed E-state index contributed by atoms with van der Waals surface area (Å²) in [6.45, 7) is 2.81. The standard InChI is InChI=1S/C16H21NO3/c1-2-19-16(18)15-11-17(12-7-3-4-8-12)13-9-5-6-10-14(13)20-15/h5-6,9-10,12,15H,2-4,7-8,11H2,1H3/t15-/m0/s1. The molecule has 0 bridgehead atoms. The Kier molecular flexibility index (Phi) is 3.81. The first kappa shape index (κ1) is 13.3. The molecule has 0 spiro atoms. The van der Waals surface area contributed by atoms with Gasteiger partial charge >= 0.3 is 5.97 Å². The third-order valence-corrected chi connectivity index (χ3v) is 4.12. The van der Waals surface area contributed by atoms with Gasteiger partial charge in [-0.2, -0.15) is 0 Å². The van der Waals surface area contributed by atoms with Gasteiger partial charge in [0.25, 0.3) is 0 Å². The number of nitrogens with zero attached hydrogens (tertiary/aromatic N) is 1. The Morgan fingerprint density at radius 1 is 1.35 bits per heavy atom. The maximum absolute atomic E-state index is 12.0. The lowest BCUT2D eigenvalue weighted by atomic mass is 10.1. The van der Waals surface area contributed by atoms with Gasteiger partial charge in [-0.3, -0.25) is 0 Å². The quantitative estimate of drug-likeness (QED) is 0.795. The summed E-state index contributed by atoms with van der Waals surface area (Å²) in [5, 5.41) is 0. The predicted molar refractivity (Wildman–Crippen MR) is 77.1 cm³/mol. The van der Waals surface area contributed by atoms with Gasteiger partial charge in [0.05, 0.1) is 18.8 Å². The van der Waals surface area contributed by atoms with Crippen molar-refractivity contribution in [2.24, 2.45) is 0 Å². The van der Waals surface area contributed by atoms with E-state index < -0.39 is 6.10 Å². The molecule has 1 aromatic rings. The lowest BCUT2D eigenvalue weighted by molar-refractivity contribution is -0.151. The topological polar surface area (TPSA) is 38.8 Å². The Morgan fingerprint density at radius 2 is 2.10 bits per heavy atom. The average Bonchev–Trinajstić information content (AvgIpc) is 3.00. The molecule has 4 nitrogen and oxygen atoms in total. The average molecular weight is 275 g/mol. The molecule has 0 amide bonds. The molecule has 0 aromatic heterocycles. The number of carbonyl (C=O) groups excluding carboxylic acids is 1. The van der Waals surface area contributed by atoms with Crippen LogP contribution in [-0.4, -0.2) is 31.3 Å². The van der Waals surface area contributed by atoms with Crippen molar-refractivity contribution in [1.29, 1.82) is 0 Å². The molecule has 0 unspecified atom stereocenters. The molecule has 1 fully saturated rings. The van der Waals surface area contributed by atoms with Crippen LogP contribution in [0.4, 0.5) is 5.69 Å². The Labute approximate surface area is 119 Å².